The van der Waals surface area contributed by atoms with Gasteiger partial charge in [-0.2, -0.15) is 0 Å². The zero-order valence-corrected chi connectivity index (χ0v) is 16.1. The van der Waals surface area contributed by atoms with Crippen LogP contribution in [0.3, 0.4) is 0 Å². The second-order valence-corrected chi connectivity index (χ2v) is 9.00. The first-order valence-corrected chi connectivity index (χ1v) is 9.45. The van der Waals surface area contributed by atoms with Crippen molar-refractivity contribution in [1.29, 1.82) is 0 Å². The fourth-order valence-electron chi connectivity index (χ4n) is 3.11. The van der Waals surface area contributed by atoms with Gasteiger partial charge in [0.1, 0.15) is 5.82 Å². The van der Waals surface area contributed by atoms with Gasteiger partial charge in [0.2, 0.25) is 5.91 Å². The Morgan fingerprint density at radius 1 is 1.28 bits per heavy atom. The van der Waals surface area contributed by atoms with Gasteiger partial charge in [0.05, 0.1) is 10.0 Å². The molecule has 1 aromatic heterocycles. The van der Waals surface area contributed by atoms with Gasteiger partial charge < -0.3 is 10.2 Å². The second-order valence-electron chi connectivity index (χ2n) is 7.97. The molecule has 25 heavy (non-hydrogen) atoms. The number of carbonyl (C=O) groups is 1. The van der Waals surface area contributed by atoms with Crippen LogP contribution in [0.5, 0.6) is 0 Å². The van der Waals surface area contributed by atoms with E-state index in [9.17, 15) is 9.18 Å². The highest BCUT2D eigenvalue weighted by molar-refractivity contribution is 7.20. The molecule has 0 saturated carbocycles. The lowest BCUT2D eigenvalue weighted by Gasteiger charge is -2.29. The van der Waals surface area contributed by atoms with E-state index < -0.39 is 0 Å². The average Bonchev–Trinajstić information content (AvgIpc) is 2.85. The topological polar surface area (TPSA) is 32.3 Å². The van der Waals surface area contributed by atoms with Gasteiger partial charge >= 0.3 is 0 Å². The molecule has 1 aliphatic rings. The molecule has 2 heterocycles. The molecule has 0 radical (unpaired) electrons. The van der Waals surface area contributed by atoms with Crippen LogP contribution >= 0.6 is 11.3 Å². The Morgan fingerprint density at radius 2 is 2.04 bits per heavy atom. The summed E-state index contributed by atoms with van der Waals surface area (Å²) in [5.41, 5.74) is 3.34. The Morgan fingerprint density at radius 3 is 2.76 bits per heavy atom. The molecule has 0 fully saturated rings. The number of halogens is 1. The van der Waals surface area contributed by atoms with Gasteiger partial charge in [-0.15, -0.1) is 11.3 Å². The molecule has 2 aromatic rings. The number of benzene rings is 1. The number of nitrogens with zero attached hydrogens (tertiary/aromatic N) is 1. The number of hydrogen-bond donors (Lipinski definition) is 1. The van der Waals surface area contributed by atoms with E-state index in [2.05, 4.69) is 37.1 Å². The molecule has 1 amide bonds. The lowest BCUT2D eigenvalue weighted by atomic mass is 9.92. The zero-order valence-electron chi connectivity index (χ0n) is 15.3. The third-order valence-electron chi connectivity index (χ3n) is 4.34. The molecule has 0 spiro atoms. The SMILES string of the molecule is Cc1cc(N2CCc3cc(F)ccc3C2)sc1NC(=O)CC(C)(C)C. The fourth-order valence-corrected chi connectivity index (χ4v) is 4.22. The van der Waals surface area contributed by atoms with E-state index in [0.717, 1.165) is 40.6 Å². The summed E-state index contributed by atoms with van der Waals surface area (Å²) in [6.45, 7) is 9.87. The highest BCUT2D eigenvalue weighted by Crippen LogP contribution is 2.37. The number of nitrogens with one attached hydrogen (secondary N) is 1. The van der Waals surface area contributed by atoms with Crippen LogP contribution in [0.1, 0.15) is 43.9 Å². The zero-order chi connectivity index (χ0) is 18.2. The number of fused-ring (bicyclic) bond motifs is 1. The predicted molar refractivity (Wildman–Crippen MR) is 103 cm³/mol. The summed E-state index contributed by atoms with van der Waals surface area (Å²) in [5.74, 6) is -0.105. The Balaban J connectivity index is 1.72. The summed E-state index contributed by atoms with van der Waals surface area (Å²) in [6, 6.07) is 7.18. The van der Waals surface area contributed by atoms with Crippen molar-refractivity contribution >= 4 is 27.2 Å². The van der Waals surface area contributed by atoms with E-state index in [1.54, 1.807) is 17.4 Å². The summed E-state index contributed by atoms with van der Waals surface area (Å²) >= 11 is 1.62. The lowest BCUT2D eigenvalue weighted by Crippen LogP contribution is -2.29. The average molecular weight is 360 g/mol. The summed E-state index contributed by atoms with van der Waals surface area (Å²) in [5, 5.41) is 5.13. The third kappa shape index (κ3) is 4.40. The highest BCUT2D eigenvalue weighted by atomic mass is 32.1. The van der Waals surface area contributed by atoms with Crippen molar-refractivity contribution in [3.05, 3.63) is 46.8 Å². The molecule has 0 atom stereocenters. The molecule has 0 aliphatic carbocycles. The van der Waals surface area contributed by atoms with E-state index in [-0.39, 0.29) is 17.1 Å². The number of aryl methyl sites for hydroxylation is 1. The first kappa shape index (κ1) is 17.9. The molecule has 1 aromatic carbocycles. The maximum Gasteiger partial charge on any atom is 0.225 e. The number of carbonyl (C=O) groups excluding carboxylic acids is 1. The molecule has 1 N–H and O–H groups in total. The molecule has 0 unspecified atom stereocenters. The van der Waals surface area contributed by atoms with Gasteiger partial charge in [0.25, 0.3) is 0 Å². The van der Waals surface area contributed by atoms with Gasteiger partial charge in [-0.3, -0.25) is 4.79 Å². The van der Waals surface area contributed by atoms with Crippen LogP contribution in [-0.2, 0) is 17.8 Å². The van der Waals surface area contributed by atoms with Crippen molar-refractivity contribution in [2.24, 2.45) is 5.41 Å². The van der Waals surface area contributed by atoms with Crippen LogP contribution < -0.4 is 10.2 Å². The molecule has 1 aliphatic heterocycles. The number of amides is 1. The Bertz CT molecular complexity index is 791. The van der Waals surface area contributed by atoms with E-state index in [1.807, 2.05) is 13.0 Å². The molecule has 3 nitrogen and oxygen atoms in total. The first-order valence-electron chi connectivity index (χ1n) is 8.64. The van der Waals surface area contributed by atoms with Crippen molar-refractivity contribution < 1.29 is 9.18 Å². The second kappa shape index (κ2) is 6.79. The number of hydrogen-bond acceptors (Lipinski definition) is 3. The summed E-state index contributed by atoms with van der Waals surface area (Å²) in [6.07, 6.45) is 1.35. The first-order chi connectivity index (χ1) is 11.7. The quantitative estimate of drug-likeness (QED) is 0.823. The summed E-state index contributed by atoms with van der Waals surface area (Å²) in [7, 11) is 0. The van der Waals surface area contributed by atoms with Crippen LogP contribution in [0.15, 0.2) is 24.3 Å². The van der Waals surface area contributed by atoms with Crippen LogP contribution in [0.25, 0.3) is 0 Å². The fraction of sp³-hybridized carbons (Fsp3) is 0.450. The van der Waals surface area contributed by atoms with Crippen molar-refractivity contribution in [2.45, 2.75) is 47.1 Å². The molecular weight excluding hydrogens is 335 g/mol. The minimum atomic E-state index is -0.164. The van der Waals surface area contributed by atoms with E-state index in [0.29, 0.717) is 6.42 Å². The van der Waals surface area contributed by atoms with E-state index in [4.69, 9.17) is 0 Å². The number of thiophene rings is 1. The monoisotopic (exact) mass is 360 g/mol. The van der Waals surface area contributed by atoms with Crippen molar-refractivity contribution in [3.8, 4) is 0 Å². The minimum Gasteiger partial charge on any atom is -0.359 e. The number of anilines is 2. The summed E-state index contributed by atoms with van der Waals surface area (Å²) in [4.78, 5) is 14.5. The third-order valence-corrected chi connectivity index (χ3v) is 5.55. The van der Waals surface area contributed by atoms with Gasteiger partial charge in [-0.1, -0.05) is 26.8 Å². The Kier molecular flexibility index (Phi) is 4.87. The highest BCUT2D eigenvalue weighted by Gasteiger charge is 2.21. The number of rotatable bonds is 3. The maximum absolute atomic E-state index is 13.4. The van der Waals surface area contributed by atoms with E-state index >= 15 is 0 Å². The molecule has 0 saturated heterocycles. The van der Waals surface area contributed by atoms with Crippen LogP contribution in [0, 0.1) is 18.2 Å². The smallest absolute Gasteiger partial charge is 0.225 e. The molecule has 3 rings (SSSR count). The summed E-state index contributed by atoms with van der Waals surface area (Å²) < 4.78 is 13.4. The minimum absolute atomic E-state index is 0.0239. The molecular formula is C20H25FN2OS. The van der Waals surface area contributed by atoms with Crippen molar-refractivity contribution in [2.75, 3.05) is 16.8 Å². The van der Waals surface area contributed by atoms with Gasteiger partial charge in [0, 0.05) is 19.5 Å². The standard InChI is InChI=1S/C20H25FN2OS/c1-13-9-18(25-19(13)22-17(24)11-20(2,3)4)23-8-7-14-10-16(21)6-5-15(14)12-23/h5-6,9-10H,7-8,11-12H2,1-4H3,(H,22,24). The van der Waals surface area contributed by atoms with Crippen LogP contribution in [-0.4, -0.2) is 12.5 Å². The lowest BCUT2D eigenvalue weighted by molar-refractivity contribution is -0.117. The van der Waals surface area contributed by atoms with Crippen molar-refractivity contribution in [1.82, 2.24) is 0 Å². The van der Waals surface area contributed by atoms with E-state index in [1.165, 1.54) is 11.6 Å². The Labute approximate surface area is 152 Å². The van der Waals surface area contributed by atoms with Crippen LogP contribution in [0.2, 0.25) is 0 Å². The molecule has 5 heteroatoms. The van der Waals surface area contributed by atoms with Gasteiger partial charge in [-0.05, 0) is 53.6 Å². The largest absolute Gasteiger partial charge is 0.359 e. The van der Waals surface area contributed by atoms with Gasteiger partial charge in [-0.25, -0.2) is 4.39 Å². The maximum atomic E-state index is 13.4. The van der Waals surface area contributed by atoms with Gasteiger partial charge in [0.15, 0.2) is 0 Å². The Hall–Kier alpha value is -1.88. The molecule has 134 valence electrons. The normalized spacial score (nSPS) is 14.4. The van der Waals surface area contributed by atoms with Crippen molar-refractivity contribution in [3.63, 3.8) is 0 Å². The predicted octanol–water partition coefficient (Wildman–Crippen LogP) is 5.13. The van der Waals surface area contributed by atoms with Crippen LogP contribution in [0.4, 0.5) is 14.4 Å². The molecule has 0 bridgehead atoms.